The van der Waals surface area contributed by atoms with E-state index in [1.54, 1.807) is 13.8 Å². The lowest BCUT2D eigenvalue weighted by Gasteiger charge is -2.33. The molecule has 3 nitrogen and oxygen atoms in total. The molecule has 1 saturated carbocycles. The van der Waals surface area contributed by atoms with Crippen molar-refractivity contribution in [1.29, 1.82) is 0 Å². The molecule has 0 aliphatic heterocycles. The molecule has 0 aromatic heterocycles. The molecule has 0 bridgehead atoms. The van der Waals surface area contributed by atoms with E-state index in [-0.39, 0.29) is 11.8 Å². The summed E-state index contributed by atoms with van der Waals surface area (Å²) < 4.78 is 0. The number of hydrogen-bond acceptors (Lipinski definition) is 2. The van der Waals surface area contributed by atoms with Crippen LogP contribution in [0.3, 0.4) is 0 Å². The van der Waals surface area contributed by atoms with Crippen LogP contribution in [0, 0.1) is 17.8 Å². The molecule has 3 unspecified atom stereocenters. The lowest BCUT2D eigenvalue weighted by atomic mass is 9.77. The molecule has 1 fully saturated rings. The minimum Gasteiger partial charge on any atom is -0.479 e. The van der Waals surface area contributed by atoms with Crippen LogP contribution in [-0.4, -0.2) is 21.8 Å². The van der Waals surface area contributed by atoms with Gasteiger partial charge in [0, 0.05) is 0 Å². The van der Waals surface area contributed by atoms with Crippen LogP contribution in [0.5, 0.6) is 0 Å². The van der Waals surface area contributed by atoms with Crippen LogP contribution in [0.2, 0.25) is 0 Å². The maximum Gasteiger partial charge on any atom is 0.336 e. The van der Waals surface area contributed by atoms with Crippen LogP contribution in [0.4, 0.5) is 0 Å². The highest BCUT2D eigenvalue weighted by Gasteiger charge is 2.48. The van der Waals surface area contributed by atoms with Crippen molar-refractivity contribution in [2.45, 2.75) is 45.6 Å². The molecule has 14 heavy (non-hydrogen) atoms. The second kappa shape index (κ2) is 3.89. The SMILES string of the molecule is CC1CCC(C(O)(C(=O)O)C(C)C)C1. The molecule has 0 saturated heterocycles. The highest BCUT2D eigenvalue weighted by molar-refractivity contribution is 5.78. The molecule has 82 valence electrons. The number of aliphatic hydroxyl groups is 1. The third kappa shape index (κ3) is 1.78. The largest absolute Gasteiger partial charge is 0.479 e. The number of aliphatic carboxylic acids is 1. The van der Waals surface area contributed by atoms with Crippen molar-refractivity contribution >= 4 is 5.97 Å². The standard InChI is InChI=1S/C11H20O3/c1-7(2)11(14,10(12)13)9-5-4-8(3)6-9/h7-9,14H,4-6H2,1-3H3,(H,12,13). The summed E-state index contributed by atoms with van der Waals surface area (Å²) in [6, 6.07) is 0. The van der Waals surface area contributed by atoms with Gasteiger partial charge in [-0.3, -0.25) is 0 Å². The van der Waals surface area contributed by atoms with E-state index < -0.39 is 11.6 Å². The molecule has 2 N–H and O–H groups in total. The molecule has 0 aromatic carbocycles. The third-order valence-electron chi connectivity index (χ3n) is 3.54. The Kier molecular flexibility index (Phi) is 3.20. The highest BCUT2D eigenvalue weighted by Crippen LogP contribution is 2.41. The minimum atomic E-state index is -1.52. The van der Waals surface area contributed by atoms with Gasteiger partial charge in [0.25, 0.3) is 0 Å². The molecule has 0 radical (unpaired) electrons. The van der Waals surface area contributed by atoms with Crippen LogP contribution in [0.1, 0.15) is 40.0 Å². The number of rotatable bonds is 3. The number of carboxylic acid groups (broad SMARTS) is 1. The Balaban J connectivity index is 2.83. The lowest BCUT2D eigenvalue weighted by Crippen LogP contribution is -2.49. The zero-order valence-electron chi connectivity index (χ0n) is 9.16. The average molecular weight is 200 g/mol. The first-order valence-corrected chi connectivity index (χ1v) is 5.34. The summed E-state index contributed by atoms with van der Waals surface area (Å²) in [6.07, 6.45) is 2.70. The first kappa shape index (κ1) is 11.5. The maximum absolute atomic E-state index is 11.1. The van der Waals surface area contributed by atoms with Crippen molar-refractivity contribution in [1.82, 2.24) is 0 Å². The van der Waals surface area contributed by atoms with Gasteiger partial charge in [0.05, 0.1) is 0 Å². The fourth-order valence-electron chi connectivity index (χ4n) is 2.50. The summed E-state index contributed by atoms with van der Waals surface area (Å²) >= 11 is 0. The van der Waals surface area contributed by atoms with Crippen molar-refractivity contribution in [2.24, 2.45) is 17.8 Å². The van der Waals surface area contributed by atoms with Gasteiger partial charge in [-0.2, -0.15) is 0 Å². The van der Waals surface area contributed by atoms with Gasteiger partial charge in [0.15, 0.2) is 5.60 Å². The van der Waals surface area contributed by atoms with Gasteiger partial charge < -0.3 is 10.2 Å². The average Bonchev–Trinajstić information content (AvgIpc) is 2.49. The predicted octanol–water partition coefficient (Wildman–Crippen LogP) is 1.89. The normalized spacial score (nSPS) is 31.8. The van der Waals surface area contributed by atoms with E-state index in [0.717, 1.165) is 19.3 Å². The van der Waals surface area contributed by atoms with Gasteiger partial charge in [-0.15, -0.1) is 0 Å². The predicted molar refractivity (Wildman–Crippen MR) is 53.9 cm³/mol. The van der Waals surface area contributed by atoms with Gasteiger partial charge in [0.1, 0.15) is 0 Å². The Labute approximate surface area is 85.1 Å². The van der Waals surface area contributed by atoms with E-state index in [9.17, 15) is 9.90 Å². The van der Waals surface area contributed by atoms with Crippen LogP contribution in [-0.2, 0) is 4.79 Å². The molecule has 1 aliphatic carbocycles. The van der Waals surface area contributed by atoms with Crippen LogP contribution in [0.15, 0.2) is 0 Å². The number of carbonyl (C=O) groups is 1. The Bertz CT molecular complexity index is 225. The Hall–Kier alpha value is -0.570. The minimum absolute atomic E-state index is 0.0741. The molecule has 1 aliphatic rings. The van der Waals surface area contributed by atoms with Crippen molar-refractivity contribution in [3.8, 4) is 0 Å². The lowest BCUT2D eigenvalue weighted by molar-refractivity contribution is -0.171. The Morgan fingerprint density at radius 2 is 2.00 bits per heavy atom. The van der Waals surface area contributed by atoms with Gasteiger partial charge in [0.2, 0.25) is 0 Å². The van der Waals surface area contributed by atoms with Crippen molar-refractivity contribution < 1.29 is 15.0 Å². The smallest absolute Gasteiger partial charge is 0.336 e. The zero-order valence-corrected chi connectivity index (χ0v) is 9.16. The molecule has 0 amide bonds. The van der Waals surface area contributed by atoms with E-state index in [4.69, 9.17) is 5.11 Å². The second-order valence-corrected chi connectivity index (χ2v) is 4.90. The summed E-state index contributed by atoms with van der Waals surface area (Å²) in [5, 5.41) is 19.3. The summed E-state index contributed by atoms with van der Waals surface area (Å²) in [7, 11) is 0. The monoisotopic (exact) mass is 200 g/mol. The summed E-state index contributed by atoms with van der Waals surface area (Å²) in [6.45, 7) is 5.66. The summed E-state index contributed by atoms with van der Waals surface area (Å²) in [4.78, 5) is 11.1. The first-order valence-electron chi connectivity index (χ1n) is 5.34. The molecule has 3 atom stereocenters. The molecule has 3 heteroatoms. The fourth-order valence-corrected chi connectivity index (χ4v) is 2.50. The number of hydrogen-bond donors (Lipinski definition) is 2. The number of carboxylic acids is 1. The van der Waals surface area contributed by atoms with Crippen LogP contribution in [0.25, 0.3) is 0 Å². The van der Waals surface area contributed by atoms with Gasteiger partial charge in [-0.05, 0) is 30.6 Å². The van der Waals surface area contributed by atoms with Crippen molar-refractivity contribution in [3.05, 3.63) is 0 Å². The van der Waals surface area contributed by atoms with E-state index in [2.05, 4.69) is 6.92 Å². The van der Waals surface area contributed by atoms with Gasteiger partial charge >= 0.3 is 5.97 Å². The quantitative estimate of drug-likeness (QED) is 0.731. The summed E-state index contributed by atoms with van der Waals surface area (Å²) in [5.41, 5.74) is -1.52. The fraction of sp³-hybridized carbons (Fsp3) is 0.909. The van der Waals surface area contributed by atoms with Gasteiger partial charge in [-0.1, -0.05) is 27.2 Å². The molecule has 0 heterocycles. The second-order valence-electron chi connectivity index (χ2n) is 4.90. The first-order chi connectivity index (χ1) is 6.39. The van der Waals surface area contributed by atoms with Crippen molar-refractivity contribution in [3.63, 3.8) is 0 Å². The molecule has 1 rings (SSSR count). The van der Waals surface area contributed by atoms with E-state index in [1.165, 1.54) is 0 Å². The van der Waals surface area contributed by atoms with E-state index in [0.29, 0.717) is 5.92 Å². The van der Waals surface area contributed by atoms with E-state index >= 15 is 0 Å². The third-order valence-corrected chi connectivity index (χ3v) is 3.54. The van der Waals surface area contributed by atoms with Crippen LogP contribution < -0.4 is 0 Å². The maximum atomic E-state index is 11.1. The molecule has 0 aromatic rings. The molecule has 0 spiro atoms. The summed E-state index contributed by atoms with van der Waals surface area (Å²) in [5.74, 6) is -0.818. The van der Waals surface area contributed by atoms with Crippen LogP contribution >= 0.6 is 0 Å². The Morgan fingerprint density at radius 1 is 1.43 bits per heavy atom. The Morgan fingerprint density at radius 3 is 2.29 bits per heavy atom. The van der Waals surface area contributed by atoms with E-state index in [1.807, 2.05) is 0 Å². The van der Waals surface area contributed by atoms with Gasteiger partial charge in [-0.25, -0.2) is 4.79 Å². The topological polar surface area (TPSA) is 57.5 Å². The zero-order chi connectivity index (χ0) is 10.9. The highest BCUT2D eigenvalue weighted by atomic mass is 16.4. The molecular formula is C11H20O3. The van der Waals surface area contributed by atoms with Crippen molar-refractivity contribution in [2.75, 3.05) is 0 Å². The molecular weight excluding hydrogens is 180 g/mol.